The average Bonchev–Trinajstić information content (AvgIpc) is 3.31. The van der Waals surface area contributed by atoms with E-state index in [-0.39, 0.29) is 18.2 Å². The Hall–Kier alpha value is -4.39. The summed E-state index contributed by atoms with van der Waals surface area (Å²) in [6.07, 6.45) is 4.82. The number of ether oxygens (including phenoxy) is 1. The molecule has 7 nitrogen and oxygen atoms in total. The average molecular weight is 497 g/mol. The van der Waals surface area contributed by atoms with Gasteiger partial charge >= 0.3 is 0 Å². The molecule has 1 heterocycles. The molecule has 0 saturated heterocycles. The third-order valence-electron chi connectivity index (χ3n) is 6.11. The van der Waals surface area contributed by atoms with Crippen molar-refractivity contribution < 1.29 is 14.3 Å². The predicted octanol–water partition coefficient (Wildman–Crippen LogP) is 5.44. The van der Waals surface area contributed by atoms with Gasteiger partial charge < -0.3 is 19.5 Å². The number of carbonyl (C=O) groups is 2. The summed E-state index contributed by atoms with van der Waals surface area (Å²) in [5.41, 5.74) is 4.39. The maximum atomic E-state index is 12.7. The molecule has 0 bridgehead atoms. The summed E-state index contributed by atoms with van der Waals surface area (Å²) < 4.78 is 7.33. The molecular weight excluding hydrogens is 464 g/mol. The highest BCUT2D eigenvalue weighted by molar-refractivity contribution is 6.01. The van der Waals surface area contributed by atoms with Crippen molar-refractivity contribution in [3.8, 4) is 5.75 Å². The van der Waals surface area contributed by atoms with Crippen LogP contribution in [0.2, 0.25) is 0 Å². The normalized spacial score (nSPS) is 11.1. The molecule has 0 atom stereocenters. The molecule has 3 aromatic carbocycles. The van der Waals surface area contributed by atoms with E-state index in [4.69, 9.17) is 4.74 Å². The largest absolute Gasteiger partial charge is 0.497 e. The SMILES string of the molecule is COc1cccc(C=NCC(=O)c2ccc3c(ccn3CCCC(=O)Nc3cccc(N(C)C)c3)c2)c1. The Morgan fingerprint density at radius 3 is 2.68 bits per heavy atom. The third kappa shape index (κ3) is 6.85. The first-order valence-electron chi connectivity index (χ1n) is 12.3. The lowest BCUT2D eigenvalue weighted by Gasteiger charge is -2.14. The fourth-order valence-corrected chi connectivity index (χ4v) is 4.11. The van der Waals surface area contributed by atoms with Gasteiger partial charge in [0, 0.05) is 67.3 Å². The van der Waals surface area contributed by atoms with E-state index in [2.05, 4.69) is 14.9 Å². The van der Waals surface area contributed by atoms with Crippen LogP contribution >= 0.6 is 0 Å². The lowest BCUT2D eigenvalue weighted by molar-refractivity contribution is -0.116. The second-order valence-electron chi connectivity index (χ2n) is 9.05. The Labute approximate surface area is 217 Å². The van der Waals surface area contributed by atoms with Gasteiger partial charge in [0.1, 0.15) is 12.3 Å². The molecule has 0 unspecified atom stereocenters. The van der Waals surface area contributed by atoms with Crippen LogP contribution in [0.15, 0.2) is 84.0 Å². The molecule has 0 aliphatic rings. The molecule has 1 N–H and O–H groups in total. The van der Waals surface area contributed by atoms with Crippen LogP contribution < -0.4 is 15.0 Å². The Balaban J connectivity index is 1.30. The van der Waals surface area contributed by atoms with Crippen molar-refractivity contribution in [1.29, 1.82) is 0 Å². The molecule has 0 fully saturated rings. The van der Waals surface area contributed by atoms with Crippen LogP contribution in [0.1, 0.15) is 28.8 Å². The molecule has 1 aromatic heterocycles. The molecule has 0 aliphatic carbocycles. The number of benzene rings is 3. The van der Waals surface area contributed by atoms with E-state index in [0.29, 0.717) is 24.9 Å². The first-order valence-corrected chi connectivity index (χ1v) is 12.3. The number of rotatable bonds is 11. The molecule has 190 valence electrons. The smallest absolute Gasteiger partial charge is 0.224 e. The number of carbonyl (C=O) groups excluding carboxylic acids is 2. The van der Waals surface area contributed by atoms with E-state index in [9.17, 15) is 9.59 Å². The Bertz CT molecular complexity index is 1420. The number of aryl methyl sites for hydroxylation is 1. The fourth-order valence-electron chi connectivity index (χ4n) is 4.11. The lowest BCUT2D eigenvalue weighted by atomic mass is 10.1. The van der Waals surface area contributed by atoms with Gasteiger partial charge in [0.05, 0.1) is 7.11 Å². The van der Waals surface area contributed by atoms with Gasteiger partial charge in [-0.1, -0.05) is 18.2 Å². The highest BCUT2D eigenvalue weighted by Crippen LogP contribution is 2.20. The number of nitrogens with zero attached hydrogens (tertiary/aromatic N) is 3. The second-order valence-corrected chi connectivity index (χ2v) is 9.05. The van der Waals surface area contributed by atoms with Crippen molar-refractivity contribution in [2.24, 2.45) is 4.99 Å². The minimum absolute atomic E-state index is 0.00486. The van der Waals surface area contributed by atoms with Gasteiger partial charge in [-0.3, -0.25) is 14.6 Å². The number of anilines is 2. The van der Waals surface area contributed by atoms with E-state index in [1.54, 1.807) is 13.3 Å². The van der Waals surface area contributed by atoms with Crippen molar-refractivity contribution in [2.75, 3.05) is 38.0 Å². The van der Waals surface area contributed by atoms with Crippen molar-refractivity contribution in [2.45, 2.75) is 19.4 Å². The molecule has 0 aliphatic heterocycles. The summed E-state index contributed by atoms with van der Waals surface area (Å²) in [4.78, 5) is 31.4. The van der Waals surface area contributed by atoms with Crippen LogP contribution in [-0.2, 0) is 11.3 Å². The van der Waals surface area contributed by atoms with E-state index in [1.807, 2.05) is 98.0 Å². The number of aliphatic imine (C=N–C) groups is 1. The highest BCUT2D eigenvalue weighted by atomic mass is 16.5. The van der Waals surface area contributed by atoms with Gasteiger partial charge in [-0.15, -0.1) is 0 Å². The number of ketones is 1. The van der Waals surface area contributed by atoms with Crippen LogP contribution in [0.3, 0.4) is 0 Å². The molecule has 0 radical (unpaired) electrons. The summed E-state index contributed by atoms with van der Waals surface area (Å²) in [6.45, 7) is 0.794. The van der Waals surface area contributed by atoms with Crippen LogP contribution in [0.25, 0.3) is 10.9 Å². The summed E-state index contributed by atoms with van der Waals surface area (Å²) in [5.74, 6) is 0.708. The molecule has 37 heavy (non-hydrogen) atoms. The highest BCUT2D eigenvalue weighted by Gasteiger charge is 2.09. The van der Waals surface area contributed by atoms with Crippen molar-refractivity contribution in [3.63, 3.8) is 0 Å². The molecular formula is C30H32N4O3. The number of hydrogen-bond donors (Lipinski definition) is 1. The summed E-state index contributed by atoms with van der Waals surface area (Å²) in [6, 6.07) is 23.0. The lowest BCUT2D eigenvalue weighted by Crippen LogP contribution is -2.13. The minimum atomic E-state index is -0.0381. The molecule has 0 spiro atoms. The van der Waals surface area contributed by atoms with Crippen LogP contribution in [-0.4, -0.2) is 50.2 Å². The first-order chi connectivity index (χ1) is 17.9. The van der Waals surface area contributed by atoms with Crippen LogP contribution in [0.5, 0.6) is 5.75 Å². The topological polar surface area (TPSA) is 75.9 Å². The van der Waals surface area contributed by atoms with E-state index in [0.717, 1.165) is 33.6 Å². The van der Waals surface area contributed by atoms with Gasteiger partial charge in [0.2, 0.25) is 5.91 Å². The summed E-state index contributed by atoms with van der Waals surface area (Å²) in [5, 5.41) is 3.97. The molecule has 0 saturated carbocycles. The van der Waals surface area contributed by atoms with Gasteiger partial charge in [-0.2, -0.15) is 0 Å². The molecule has 1 amide bonds. The number of methoxy groups -OCH3 is 1. The van der Waals surface area contributed by atoms with Gasteiger partial charge in [0.25, 0.3) is 0 Å². The van der Waals surface area contributed by atoms with Gasteiger partial charge in [-0.05, 0) is 66.6 Å². The number of amides is 1. The zero-order valence-electron chi connectivity index (χ0n) is 21.5. The van der Waals surface area contributed by atoms with E-state index in [1.165, 1.54) is 0 Å². The van der Waals surface area contributed by atoms with Crippen molar-refractivity contribution in [1.82, 2.24) is 4.57 Å². The van der Waals surface area contributed by atoms with E-state index < -0.39 is 0 Å². The fraction of sp³-hybridized carbons (Fsp3) is 0.233. The summed E-state index contributed by atoms with van der Waals surface area (Å²) >= 11 is 0. The molecule has 4 aromatic rings. The number of Topliss-reactive ketones (excluding diaryl/α,β-unsaturated/α-hetero) is 1. The molecule has 7 heteroatoms. The minimum Gasteiger partial charge on any atom is -0.497 e. The predicted molar refractivity (Wildman–Crippen MR) is 150 cm³/mol. The zero-order valence-corrected chi connectivity index (χ0v) is 21.5. The standard InChI is InChI=1S/C30H32N4O3/c1-33(2)26-9-5-8-25(19-26)32-30(36)11-6-15-34-16-14-23-18-24(12-13-28(23)34)29(35)21-31-20-22-7-4-10-27(17-22)37-3/h4-5,7-10,12-14,16-20H,6,11,15,21H2,1-3H3,(H,32,36). The number of nitrogens with one attached hydrogen (secondary N) is 1. The molecule has 4 rings (SSSR count). The monoisotopic (exact) mass is 496 g/mol. The number of hydrogen-bond acceptors (Lipinski definition) is 5. The third-order valence-corrected chi connectivity index (χ3v) is 6.11. The Morgan fingerprint density at radius 1 is 1.03 bits per heavy atom. The van der Waals surface area contributed by atoms with Crippen molar-refractivity contribution in [3.05, 3.63) is 90.1 Å². The first kappa shape index (κ1) is 25.7. The Kier molecular flexibility index (Phi) is 8.36. The van der Waals surface area contributed by atoms with Gasteiger partial charge in [0.15, 0.2) is 5.78 Å². The number of fused-ring (bicyclic) bond motifs is 1. The number of aromatic nitrogens is 1. The summed E-state index contributed by atoms with van der Waals surface area (Å²) in [7, 11) is 5.56. The van der Waals surface area contributed by atoms with Crippen LogP contribution in [0.4, 0.5) is 11.4 Å². The van der Waals surface area contributed by atoms with Crippen LogP contribution in [0, 0.1) is 0 Å². The second kappa shape index (κ2) is 12.0. The maximum absolute atomic E-state index is 12.7. The van der Waals surface area contributed by atoms with Gasteiger partial charge in [-0.25, -0.2) is 0 Å². The van der Waals surface area contributed by atoms with E-state index >= 15 is 0 Å². The zero-order chi connectivity index (χ0) is 26.2. The van der Waals surface area contributed by atoms with Crippen molar-refractivity contribution >= 4 is 40.2 Å². The maximum Gasteiger partial charge on any atom is 0.224 e. The Morgan fingerprint density at radius 2 is 1.86 bits per heavy atom. The quantitative estimate of drug-likeness (QED) is 0.222.